The molecule has 0 fully saturated rings. The minimum absolute atomic E-state index is 0.0972. The monoisotopic (exact) mass is 260 g/mol. The van der Waals surface area contributed by atoms with Gasteiger partial charge in [-0.15, -0.1) is 0 Å². The molecule has 1 aliphatic heterocycles. The lowest BCUT2D eigenvalue weighted by Crippen LogP contribution is -2.48. The molecule has 1 aliphatic rings. The first-order chi connectivity index (χ1) is 9.17. The Kier molecular flexibility index (Phi) is 4.32. The lowest BCUT2D eigenvalue weighted by molar-refractivity contribution is -0.128. The van der Waals surface area contributed by atoms with Crippen molar-refractivity contribution in [2.24, 2.45) is 0 Å². The molecule has 1 unspecified atom stereocenters. The molecule has 2 amide bonds. The zero-order valence-corrected chi connectivity index (χ0v) is 11.5. The lowest BCUT2D eigenvalue weighted by Gasteiger charge is -2.30. The van der Waals surface area contributed by atoms with Crippen LogP contribution in [0.3, 0.4) is 0 Å². The summed E-state index contributed by atoms with van der Waals surface area (Å²) < 4.78 is 0. The minimum atomic E-state index is -0.164. The number of benzene rings is 1. The molecule has 1 aromatic rings. The number of imide groups is 1. The van der Waals surface area contributed by atoms with Crippen LogP contribution in [0.5, 0.6) is 0 Å². The molecule has 1 aromatic carbocycles. The topological polar surface area (TPSA) is 49.4 Å². The largest absolute Gasteiger partial charge is 0.315 e. The Bertz CT molecular complexity index is 485. The van der Waals surface area contributed by atoms with E-state index in [1.54, 1.807) is 6.07 Å². The fourth-order valence-corrected chi connectivity index (χ4v) is 2.48. The molecule has 1 atom stereocenters. The van der Waals surface area contributed by atoms with Crippen molar-refractivity contribution >= 4 is 11.8 Å². The van der Waals surface area contributed by atoms with E-state index in [1.165, 1.54) is 4.90 Å². The maximum Gasteiger partial charge on any atom is 0.260 e. The summed E-state index contributed by atoms with van der Waals surface area (Å²) >= 11 is 0. The van der Waals surface area contributed by atoms with E-state index in [-0.39, 0.29) is 17.9 Å². The van der Waals surface area contributed by atoms with Crippen LogP contribution in [0.25, 0.3) is 0 Å². The average Bonchev–Trinajstić information content (AvgIpc) is 2.42. The van der Waals surface area contributed by atoms with Crippen molar-refractivity contribution in [3.05, 3.63) is 35.4 Å². The van der Waals surface area contributed by atoms with Crippen LogP contribution in [0.4, 0.5) is 0 Å². The molecule has 0 radical (unpaired) electrons. The third kappa shape index (κ3) is 2.84. The van der Waals surface area contributed by atoms with Gasteiger partial charge in [0.1, 0.15) is 0 Å². The maximum absolute atomic E-state index is 12.4. The number of amides is 2. The van der Waals surface area contributed by atoms with E-state index in [0.717, 1.165) is 18.4 Å². The van der Waals surface area contributed by atoms with Crippen LogP contribution >= 0.6 is 0 Å². The van der Waals surface area contributed by atoms with E-state index >= 15 is 0 Å². The Hall–Kier alpha value is -1.68. The van der Waals surface area contributed by atoms with Crippen LogP contribution in [-0.2, 0) is 11.2 Å². The third-order valence-corrected chi connectivity index (χ3v) is 3.58. The number of hydrogen-bond acceptors (Lipinski definition) is 3. The fraction of sp³-hybridized carbons (Fsp3) is 0.467. The van der Waals surface area contributed by atoms with E-state index in [9.17, 15) is 9.59 Å². The second-order valence-corrected chi connectivity index (χ2v) is 4.92. The minimum Gasteiger partial charge on any atom is -0.315 e. The number of rotatable bonds is 5. The maximum atomic E-state index is 12.4. The van der Waals surface area contributed by atoms with E-state index in [0.29, 0.717) is 18.5 Å². The van der Waals surface area contributed by atoms with E-state index in [1.807, 2.05) is 25.2 Å². The first kappa shape index (κ1) is 13.7. The molecule has 4 heteroatoms. The van der Waals surface area contributed by atoms with Crippen LogP contribution in [-0.4, -0.2) is 36.3 Å². The van der Waals surface area contributed by atoms with Gasteiger partial charge in [-0.2, -0.15) is 0 Å². The SMILES string of the molecule is CCCC(CN1C(=O)Cc2ccccc2C1=O)NC. The number of likely N-dealkylation sites (N-methyl/N-ethyl adjacent to an activating group) is 1. The summed E-state index contributed by atoms with van der Waals surface area (Å²) in [5.74, 6) is -0.261. The molecular weight excluding hydrogens is 240 g/mol. The molecule has 0 bridgehead atoms. The first-order valence-electron chi connectivity index (χ1n) is 6.77. The number of hydrogen-bond donors (Lipinski definition) is 1. The molecule has 19 heavy (non-hydrogen) atoms. The Morgan fingerprint density at radius 3 is 2.74 bits per heavy atom. The molecular formula is C15H20N2O2. The van der Waals surface area contributed by atoms with E-state index < -0.39 is 0 Å². The number of fused-ring (bicyclic) bond motifs is 1. The molecule has 2 rings (SSSR count). The normalized spacial score (nSPS) is 16.4. The molecule has 102 valence electrons. The van der Waals surface area contributed by atoms with Crippen molar-refractivity contribution < 1.29 is 9.59 Å². The predicted octanol–water partition coefficient (Wildman–Crippen LogP) is 1.60. The van der Waals surface area contributed by atoms with Gasteiger partial charge in [0.05, 0.1) is 6.42 Å². The van der Waals surface area contributed by atoms with Crippen LogP contribution in [0.15, 0.2) is 24.3 Å². The Morgan fingerprint density at radius 1 is 1.32 bits per heavy atom. The van der Waals surface area contributed by atoms with Crippen molar-refractivity contribution in [2.75, 3.05) is 13.6 Å². The van der Waals surface area contributed by atoms with Crippen molar-refractivity contribution in [3.63, 3.8) is 0 Å². The number of carbonyl (C=O) groups is 2. The number of nitrogens with zero attached hydrogens (tertiary/aromatic N) is 1. The lowest BCUT2D eigenvalue weighted by atomic mass is 9.98. The van der Waals surface area contributed by atoms with Crippen molar-refractivity contribution in [1.82, 2.24) is 10.2 Å². The highest BCUT2D eigenvalue weighted by Gasteiger charge is 2.31. The summed E-state index contributed by atoms with van der Waals surface area (Å²) in [5.41, 5.74) is 1.50. The van der Waals surface area contributed by atoms with Crippen molar-refractivity contribution in [2.45, 2.75) is 32.2 Å². The summed E-state index contributed by atoms with van der Waals surface area (Å²) in [6.45, 7) is 2.55. The van der Waals surface area contributed by atoms with Gasteiger partial charge < -0.3 is 5.32 Å². The van der Waals surface area contributed by atoms with Crippen molar-refractivity contribution in [3.8, 4) is 0 Å². The van der Waals surface area contributed by atoms with Gasteiger partial charge in [0.2, 0.25) is 5.91 Å². The summed E-state index contributed by atoms with van der Waals surface area (Å²) in [6, 6.07) is 7.52. The van der Waals surface area contributed by atoms with Gasteiger partial charge >= 0.3 is 0 Å². The van der Waals surface area contributed by atoms with Gasteiger partial charge in [0.15, 0.2) is 0 Å². The molecule has 0 aromatic heterocycles. The highest BCUT2D eigenvalue weighted by atomic mass is 16.2. The van der Waals surface area contributed by atoms with Gasteiger partial charge in [0, 0.05) is 18.2 Å². The van der Waals surface area contributed by atoms with Gasteiger partial charge in [-0.3, -0.25) is 14.5 Å². The van der Waals surface area contributed by atoms with Crippen LogP contribution in [0.2, 0.25) is 0 Å². The quantitative estimate of drug-likeness (QED) is 0.818. The Morgan fingerprint density at radius 2 is 2.05 bits per heavy atom. The molecule has 4 nitrogen and oxygen atoms in total. The van der Waals surface area contributed by atoms with Crippen LogP contribution < -0.4 is 5.32 Å². The van der Waals surface area contributed by atoms with Gasteiger partial charge in [-0.1, -0.05) is 31.5 Å². The first-order valence-corrected chi connectivity index (χ1v) is 6.77. The number of carbonyl (C=O) groups excluding carboxylic acids is 2. The van der Waals surface area contributed by atoms with Gasteiger partial charge in [0.25, 0.3) is 5.91 Å². The summed E-state index contributed by atoms with van der Waals surface area (Å²) in [4.78, 5) is 25.8. The molecule has 1 heterocycles. The third-order valence-electron chi connectivity index (χ3n) is 3.58. The summed E-state index contributed by atoms with van der Waals surface area (Å²) in [6.07, 6.45) is 2.30. The molecule has 0 spiro atoms. The highest BCUT2D eigenvalue weighted by molar-refractivity contribution is 6.09. The van der Waals surface area contributed by atoms with Crippen LogP contribution in [0, 0.1) is 0 Å². The zero-order chi connectivity index (χ0) is 13.8. The second kappa shape index (κ2) is 5.97. The number of nitrogens with one attached hydrogen (secondary N) is 1. The molecule has 1 N–H and O–H groups in total. The standard InChI is InChI=1S/C15H20N2O2/c1-3-6-12(16-2)10-17-14(18)9-11-7-4-5-8-13(11)15(17)19/h4-5,7-8,12,16H,3,6,9-10H2,1-2H3. The average molecular weight is 260 g/mol. The Labute approximate surface area is 113 Å². The molecule has 0 saturated carbocycles. The van der Waals surface area contributed by atoms with Gasteiger partial charge in [-0.05, 0) is 25.1 Å². The molecule has 0 aliphatic carbocycles. The van der Waals surface area contributed by atoms with Crippen LogP contribution in [0.1, 0.15) is 35.7 Å². The smallest absolute Gasteiger partial charge is 0.260 e. The highest BCUT2D eigenvalue weighted by Crippen LogP contribution is 2.20. The fourth-order valence-electron chi connectivity index (χ4n) is 2.48. The van der Waals surface area contributed by atoms with Crippen molar-refractivity contribution in [1.29, 1.82) is 0 Å². The predicted molar refractivity (Wildman–Crippen MR) is 73.9 cm³/mol. The van der Waals surface area contributed by atoms with E-state index in [2.05, 4.69) is 12.2 Å². The molecule has 0 saturated heterocycles. The van der Waals surface area contributed by atoms with E-state index in [4.69, 9.17) is 0 Å². The zero-order valence-electron chi connectivity index (χ0n) is 11.5. The summed E-state index contributed by atoms with van der Waals surface area (Å²) in [5, 5.41) is 3.17. The van der Waals surface area contributed by atoms with Gasteiger partial charge in [-0.25, -0.2) is 0 Å². The Balaban J connectivity index is 2.19. The summed E-state index contributed by atoms with van der Waals surface area (Å²) in [7, 11) is 1.87. The second-order valence-electron chi connectivity index (χ2n) is 4.92.